The van der Waals surface area contributed by atoms with E-state index in [0.29, 0.717) is 23.1 Å². The molecule has 1 saturated heterocycles. The van der Waals surface area contributed by atoms with Gasteiger partial charge in [0.15, 0.2) is 35.6 Å². The van der Waals surface area contributed by atoms with Crippen LogP contribution in [0.4, 0.5) is 0 Å². The van der Waals surface area contributed by atoms with Crippen molar-refractivity contribution in [1.29, 1.82) is 0 Å². The van der Waals surface area contributed by atoms with Gasteiger partial charge in [-0.25, -0.2) is 0 Å². The van der Waals surface area contributed by atoms with Crippen LogP contribution in [0.2, 0.25) is 0 Å². The minimum Gasteiger partial charge on any atom is -0.502 e. The number of phenols is 2. The molecule has 210 valence electrons. The molecule has 7 atom stereocenters. The molecule has 12 nitrogen and oxygen atoms in total. The highest BCUT2D eigenvalue weighted by molar-refractivity contribution is 5.64. The van der Waals surface area contributed by atoms with Crippen molar-refractivity contribution in [2.45, 2.75) is 49.7 Å². The third-order valence-electron chi connectivity index (χ3n) is 7.17. The summed E-state index contributed by atoms with van der Waals surface area (Å²) in [4.78, 5) is 0. The number of rotatable bonds is 8. The summed E-state index contributed by atoms with van der Waals surface area (Å²) in [5, 5.41) is 62.0. The van der Waals surface area contributed by atoms with E-state index in [0.717, 1.165) is 0 Å². The molecule has 1 fully saturated rings. The number of aromatic hydroxyl groups is 2. The van der Waals surface area contributed by atoms with E-state index in [4.69, 9.17) is 28.4 Å². The molecule has 12 heteroatoms. The normalized spacial score (nSPS) is 28.9. The Morgan fingerprint density at radius 2 is 1.47 bits per heavy atom. The summed E-state index contributed by atoms with van der Waals surface area (Å²) in [6.07, 6.45) is -6.31. The van der Waals surface area contributed by atoms with Gasteiger partial charge in [0.25, 0.3) is 0 Å². The van der Waals surface area contributed by atoms with Crippen molar-refractivity contribution in [3.8, 4) is 34.5 Å². The van der Waals surface area contributed by atoms with Crippen molar-refractivity contribution >= 4 is 0 Å². The van der Waals surface area contributed by atoms with Crippen LogP contribution in [0, 0.1) is 5.92 Å². The summed E-state index contributed by atoms with van der Waals surface area (Å²) in [6.45, 7) is -0.307. The van der Waals surface area contributed by atoms with Crippen LogP contribution in [0.25, 0.3) is 0 Å². The summed E-state index contributed by atoms with van der Waals surface area (Å²) in [7, 11) is 5.59. The number of aliphatic hydroxyl groups is 4. The fourth-order valence-corrected chi connectivity index (χ4v) is 5.29. The van der Waals surface area contributed by atoms with Crippen LogP contribution in [0.1, 0.15) is 29.0 Å². The van der Waals surface area contributed by atoms with Gasteiger partial charge in [-0.15, -0.1) is 0 Å². The van der Waals surface area contributed by atoms with E-state index in [2.05, 4.69) is 0 Å². The van der Waals surface area contributed by atoms with Crippen LogP contribution in [-0.4, -0.2) is 96.6 Å². The Balaban J connectivity index is 1.92. The molecule has 0 spiro atoms. The monoisotopic (exact) mass is 538 g/mol. The first-order valence-electron chi connectivity index (χ1n) is 12.1. The van der Waals surface area contributed by atoms with Crippen LogP contribution in [0.5, 0.6) is 34.5 Å². The van der Waals surface area contributed by atoms with Gasteiger partial charge < -0.3 is 59.1 Å². The maximum absolute atomic E-state index is 10.9. The zero-order valence-corrected chi connectivity index (χ0v) is 21.5. The highest BCUT2D eigenvalue weighted by Crippen LogP contribution is 2.53. The third-order valence-corrected chi connectivity index (χ3v) is 7.17. The zero-order valence-electron chi connectivity index (χ0n) is 21.5. The second kappa shape index (κ2) is 11.4. The van der Waals surface area contributed by atoms with Crippen molar-refractivity contribution in [3.63, 3.8) is 0 Å². The van der Waals surface area contributed by atoms with Crippen molar-refractivity contribution in [2.75, 3.05) is 35.0 Å². The molecule has 0 amide bonds. The Kier molecular flexibility index (Phi) is 8.40. The molecule has 1 heterocycles. The van der Waals surface area contributed by atoms with Gasteiger partial charge in [-0.05, 0) is 35.7 Å². The lowest BCUT2D eigenvalue weighted by atomic mass is 9.71. The number of methoxy groups -OCH3 is 4. The Labute approximate surface area is 219 Å². The summed E-state index contributed by atoms with van der Waals surface area (Å²) in [6, 6.07) is 4.82. The Hall–Kier alpha value is -3.00. The van der Waals surface area contributed by atoms with Crippen molar-refractivity contribution < 1.29 is 59.1 Å². The van der Waals surface area contributed by atoms with Crippen molar-refractivity contribution in [1.82, 2.24) is 0 Å². The minimum atomic E-state index is -1.68. The first-order chi connectivity index (χ1) is 18.2. The lowest BCUT2D eigenvalue weighted by Crippen LogP contribution is -2.51. The molecule has 1 aliphatic heterocycles. The van der Waals surface area contributed by atoms with Crippen LogP contribution in [0.15, 0.2) is 18.2 Å². The summed E-state index contributed by atoms with van der Waals surface area (Å²) >= 11 is 0. The topological polar surface area (TPSA) is 177 Å². The molecule has 2 aromatic rings. The molecule has 0 radical (unpaired) electrons. The average Bonchev–Trinajstić information content (AvgIpc) is 2.91. The van der Waals surface area contributed by atoms with Gasteiger partial charge in [0.05, 0.1) is 40.6 Å². The Morgan fingerprint density at radius 1 is 0.868 bits per heavy atom. The van der Waals surface area contributed by atoms with Gasteiger partial charge in [0, 0.05) is 30.4 Å². The SMILES string of the molecule is COc1cc(C2c3c(cc(OC)c(O)c3OC)CC(CO)C2OC2CC(O)C(O)C(O)O2)cc(OC)c1O. The van der Waals surface area contributed by atoms with Gasteiger partial charge in [-0.2, -0.15) is 0 Å². The highest BCUT2D eigenvalue weighted by atomic mass is 16.7. The second-order valence-electron chi connectivity index (χ2n) is 9.28. The number of aliphatic hydroxyl groups excluding tert-OH is 4. The fraction of sp³-hybridized carbons (Fsp3) is 0.538. The molecule has 0 bridgehead atoms. The quantitative estimate of drug-likeness (QED) is 0.276. The lowest BCUT2D eigenvalue weighted by Gasteiger charge is -2.43. The van der Waals surface area contributed by atoms with Crippen LogP contribution in [-0.2, 0) is 15.9 Å². The second-order valence-corrected chi connectivity index (χ2v) is 9.28. The largest absolute Gasteiger partial charge is 0.502 e. The van der Waals surface area contributed by atoms with E-state index >= 15 is 0 Å². The summed E-state index contributed by atoms with van der Waals surface area (Å²) < 4.78 is 33.4. The van der Waals surface area contributed by atoms with Gasteiger partial charge >= 0.3 is 0 Å². The van der Waals surface area contributed by atoms with Crippen molar-refractivity contribution in [3.05, 3.63) is 34.9 Å². The fourth-order valence-electron chi connectivity index (χ4n) is 5.29. The molecular weight excluding hydrogens is 504 g/mol. The van der Waals surface area contributed by atoms with Crippen LogP contribution in [0.3, 0.4) is 0 Å². The van der Waals surface area contributed by atoms with E-state index < -0.39 is 42.7 Å². The van der Waals surface area contributed by atoms with E-state index in [1.807, 2.05) is 0 Å². The molecule has 0 aromatic heterocycles. The number of phenolic OH excluding ortho intramolecular Hbond substituents is 2. The predicted octanol–water partition coefficient (Wildman–Crippen LogP) is 0.600. The van der Waals surface area contributed by atoms with Gasteiger partial charge in [-0.3, -0.25) is 0 Å². The van der Waals surface area contributed by atoms with E-state index in [9.17, 15) is 30.6 Å². The van der Waals surface area contributed by atoms with Gasteiger partial charge in [-0.1, -0.05) is 0 Å². The molecule has 0 saturated carbocycles. The van der Waals surface area contributed by atoms with Crippen molar-refractivity contribution in [2.24, 2.45) is 5.92 Å². The predicted molar refractivity (Wildman–Crippen MR) is 131 cm³/mol. The minimum absolute atomic E-state index is 0.116. The van der Waals surface area contributed by atoms with E-state index in [1.54, 1.807) is 18.2 Å². The molecule has 38 heavy (non-hydrogen) atoms. The molecular formula is C26H34O12. The zero-order chi connectivity index (χ0) is 27.7. The molecule has 4 rings (SSSR count). The molecule has 2 aliphatic rings. The van der Waals surface area contributed by atoms with Crippen LogP contribution < -0.4 is 18.9 Å². The van der Waals surface area contributed by atoms with E-state index in [1.165, 1.54) is 28.4 Å². The molecule has 2 aromatic carbocycles. The summed E-state index contributed by atoms with van der Waals surface area (Å²) in [5.74, 6) is -1.19. The average molecular weight is 539 g/mol. The molecule has 1 aliphatic carbocycles. The first-order valence-corrected chi connectivity index (χ1v) is 12.1. The van der Waals surface area contributed by atoms with Gasteiger partial charge in [0.1, 0.15) is 6.10 Å². The standard InChI is InChI=1S/C26H34O12/c1-33-15-7-12(8-16(34-2)22(15)30)19-20-11(6-17(35-3)23(31)25(20)36-4)5-13(10-27)24(19)37-18-9-14(28)21(29)26(32)38-18/h6-8,13-14,18-19,21,24,26-32H,5,9-10H2,1-4H3. The van der Waals surface area contributed by atoms with Gasteiger partial charge in [0.2, 0.25) is 11.5 Å². The highest BCUT2D eigenvalue weighted by Gasteiger charge is 2.45. The van der Waals surface area contributed by atoms with Crippen LogP contribution >= 0.6 is 0 Å². The maximum atomic E-state index is 10.9. The number of hydrogen-bond donors (Lipinski definition) is 6. The number of hydrogen-bond acceptors (Lipinski definition) is 12. The maximum Gasteiger partial charge on any atom is 0.201 e. The number of benzene rings is 2. The lowest BCUT2D eigenvalue weighted by molar-refractivity contribution is -0.319. The number of fused-ring (bicyclic) bond motifs is 1. The van der Waals surface area contributed by atoms with E-state index in [-0.39, 0.29) is 47.5 Å². The summed E-state index contributed by atoms with van der Waals surface area (Å²) in [5.41, 5.74) is 1.78. The Morgan fingerprint density at radius 3 is 2.00 bits per heavy atom. The smallest absolute Gasteiger partial charge is 0.201 e. The Bertz CT molecular complexity index is 1100. The third kappa shape index (κ3) is 4.91. The molecule has 6 N–H and O–H groups in total. The number of ether oxygens (including phenoxy) is 6. The first kappa shape index (κ1) is 28.0. The molecule has 7 unspecified atom stereocenters.